The molecule has 0 spiro atoms. The maximum absolute atomic E-state index is 11.6. The summed E-state index contributed by atoms with van der Waals surface area (Å²) in [5.41, 5.74) is -0.798. The third-order valence-electron chi connectivity index (χ3n) is 4.88. The van der Waals surface area contributed by atoms with E-state index in [1.165, 1.54) is 12.8 Å². The number of hydrogen-bond acceptors (Lipinski definition) is 3. The molecule has 0 aliphatic heterocycles. The molecule has 1 aromatic rings. The van der Waals surface area contributed by atoms with Gasteiger partial charge in [-0.05, 0) is 25.7 Å². The average molecular weight is 279 g/mol. The first kappa shape index (κ1) is 15.0. The smallest absolute Gasteiger partial charge is 0.310 e. The molecule has 20 heavy (non-hydrogen) atoms. The molecule has 2 rings (SSSR count). The maximum Gasteiger partial charge on any atom is 0.310 e. The van der Waals surface area contributed by atoms with Gasteiger partial charge in [0, 0.05) is 19.4 Å². The Labute approximate surface area is 120 Å². The molecular weight excluding hydrogens is 254 g/mol. The van der Waals surface area contributed by atoms with E-state index in [1.807, 2.05) is 20.9 Å². The highest BCUT2D eigenvalue weighted by molar-refractivity contribution is 5.74. The minimum absolute atomic E-state index is 0.0478. The predicted octanol–water partition coefficient (Wildman–Crippen LogP) is 2.76. The van der Waals surface area contributed by atoms with Crippen LogP contribution < -0.4 is 0 Å². The van der Waals surface area contributed by atoms with Crippen LogP contribution in [0.4, 0.5) is 0 Å². The van der Waals surface area contributed by atoms with Crippen molar-refractivity contribution in [3.63, 3.8) is 0 Å². The zero-order valence-electron chi connectivity index (χ0n) is 12.9. The van der Waals surface area contributed by atoms with Gasteiger partial charge in [0.05, 0.1) is 5.41 Å². The molecule has 1 aliphatic carbocycles. The Morgan fingerprint density at radius 1 is 1.45 bits per heavy atom. The first-order valence-electron chi connectivity index (χ1n) is 7.48. The molecule has 1 atom stereocenters. The second kappa shape index (κ2) is 5.54. The highest BCUT2D eigenvalue weighted by atomic mass is 16.4. The van der Waals surface area contributed by atoms with Gasteiger partial charge in [-0.3, -0.25) is 9.48 Å². The molecule has 1 fully saturated rings. The molecule has 5 heteroatoms. The van der Waals surface area contributed by atoms with Gasteiger partial charge in [-0.2, -0.15) is 5.10 Å². The molecule has 1 aromatic heterocycles. The summed E-state index contributed by atoms with van der Waals surface area (Å²) in [5.74, 6) is 1.43. The quantitative estimate of drug-likeness (QED) is 0.900. The van der Waals surface area contributed by atoms with Crippen molar-refractivity contribution < 1.29 is 9.90 Å². The molecule has 0 amide bonds. The third kappa shape index (κ3) is 2.72. The Morgan fingerprint density at radius 3 is 2.55 bits per heavy atom. The summed E-state index contributed by atoms with van der Waals surface area (Å²) in [5, 5.41) is 14.0. The highest BCUT2D eigenvalue weighted by Crippen LogP contribution is 2.34. The molecule has 1 unspecified atom stereocenters. The molecule has 112 valence electrons. The van der Waals surface area contributed by atoms with E-state index in [2.05, 4.69) is 10.1 Å². The van der Waals surface area contributed by atoms with Crippen LogP contribution in [0.15, 0.2) is 0 Å². The Balaban J connectivity index is 2.22. The highest BCUT2D eigenvalue weighted by Gasteiger charge is 2.38. The zero-order valence-corrected chi connectivity index (χ0v) is 12.9. The number of aliphatic carboxylic acids is 1. The summed E-state index contributed by atoms with van der Waals surface area (Å²) in [7, 11) is 1.86. The van der Waals surface area contributed by atoms with Crippen molar-refractivity contribution in [2.45, 2.75) is 58.8 Å². The maximum atomic E-state index is 11.6. The van der Waals surface area contributed by atoms with E-state index >= 15 is 0 Å². The summed E-state index contributed by atoms with van der Waals surface area (Å²) in [6.07, 6.45) is 5.23. The zero-order chi connectivity index (χ0) is 14.9. The molecule has 0 saturated heterocycles. The fourth-order valence-corrected chi connectivity index (χ4v) is 2.80. The van der Waals surface area contributed by atoms with Gasteiger partial charge in [0.1, 0.15) is 5.82 Å². The van der Waals surface area contributed by atoms with Gasteiger partial charge in [-0.25, -0.2) is 4.98 Å². The lowest BCUT2D eigenvalue weighted by Gasteiger charge is -2.28. The molecule has 0 bridgehead atoms. The number of nitrogens with zero attached hydrogens (tertiary/aromatic N) is 3. The normalized spacial score (nSPS) is 19.4. The number of aromatic nitrogens is 3. The number of carboxylic acid groups (broad SMARTS) is 1. The lowest BCUT2D eigenvalue weighted by molar-refractivity contribution is -0.150. The fourth-order valence-electron chi connectivity index (χ4n) is 2.80. The predicted molar refractivity (Wildman–Crippen MR) is 76.5 cm³/mol. The van der Waals surface area contributed by atoms with E-state index in [4.69, 9.17) is 0 Å². The third-order valence-corrected chi connectivity index (χ3v) is 4.88. The van der Waals surface area contributed by atoms with Gasteiger partial charge >= 0.3 is 5.97 Å². The molecule has 1 aliphatic rings. The van der Waals surface area contributed by atoms with Gasteiger partial charge in [-0.1, -0.05) is 26.7 Å². The standard InChI is InChI=1S/C15H25N3O2/c1-10(2)15(3,14(19)20)9-12-16-13(17-18(12)4)11-7-5-6-8-11/h10-11H,5-9H2,1-4H3,(H,19,20). The van der Waals surface area contributed by atoms with Crippen molar-refractivity contribution in [2.24, 2.45) is 18.4 Å². The minimum atomic E-state index is -0.798. The lowest BCUT2D eigenvalue weighted by atomic mass is 9.76. The Morgan fingerprint density at radius 2 is 2.05 bits per heavy atom. The van der Waals surface area contributed by atoms with Crippen molar-refractivity contribution >= 4 is 5.97 Å². The van der Waals surface area contributed by atoms with Gasteiger partial charge in [0.25, 0.3) is 0 Å². The van der Waals surface area contributed by atoms with Crippen molar-refractivity contribution in [1.29, 1.82) is 0 Å². The van der Waals surface area contributed by atoms with Crippen LogP contribution in [0, 0.1) is 11.3 Å². The molecule has 0 aromatic carbocycles. The SMILES string of the molecule is CC(C)C(C)(Cc1nc(C2CCCC2)nn1C)C(=O)O. The molecule has 0 radical (unpaired) electrons. The summed E-state index contributed by atoms with van der Waals surface area (Å²) in [6.45, 7) is 5.69. The number of aryl methyl sites for hydroxylation is 1. The number of hydrogen-bond donors (Lipinski definition) is 1. The first-order valence-corrected chi connectivity index (χ1v) is 7.48. The Kier molecular flexibility index (Phi) is 4.16. The fraction of sp³-hybridized carbons (Fsp3) is 0.800. The molecule has 5 nitrogen and oxygen atoms in total. The van der Waals surface area contributed by atoms with Gasteiger partial charge < -0.3 is 5.11 Å². The molecule has 1 N–H and O–H groups in total. The second-order valence-corrected chi connectivity index (χ2v) is 6.55. The van der Waals surface area contributed by atoms with E-state index in [1.54, 1.807) is 11.6 Å². The lowest BCUT2D eigenvalue weighted by Crippen LogP contribution is -2.36. The number of carboxylic acids is 1. The largest absolute Gasteiger partial charge is 0.481 e. The van der Waals surface area contributed by atoms with Crippen LogP contribution in [-0.2, 0) is 18.3 Å². The van der Waals surface area contributed by atoms with Gasteiger partial charge in [0.15, 0.2) is 5.82 Å². The van der Waals surface area contributed by atoms with E-state index < -0.39 is 11.4 Å². The van der Waals surface area contributed by atoms with Crippen LogP contribution in [0.2, 0.25) is 0 Å². The van der Waals surface area contributed by atoms with Crippen LogP contribution in [0.1, 0.15) is 64.0 Å². The molecule has 1 saturated carbocycles. The topological polar surface area (TPSA) is 68.0 Å². The second-order valence-electron chi connectivity index (χ2n) is 6.55. The van der Waals surface area contributed by atoms with E-state index in [0.29, 0.717) is 12.3 Å². The monoisotopic (exact) mass is 279 g/mol. The first-order chi connectivity index (χ1) is 9.34. The molecule has 1 heterocycles. The van der Waals surface area contributed by atoms with Crippen molar-refractivity contribution in [2.75, 3.05) is 0 Å². The minimum Gasteiger partial charge on any atom is -0.481 e. The number of carbonyl (C=O) groups is 1. The van der Waals surface area contributed by atoms with Crippen LogP contribution in [0.3, 0.4) is 0 Å². The summed E-state index contributed by atoms with van der Waals surface area (Å²) >= 11 is 0. The van der Waals surface area contributed by atoms with Crippen LogP contribution in [0.25, 0.3) is 0 Å². The van der Waals surface area contributed by atoms with Crippen molar-refractivity contribution in [1.82, 2.24) is 14.8 Å². The van der Waals surface area contributed by atoms with E-state index in [0.717, 1.165) is 24.5 Å². The van der Waals surface area contributed by atoms with E-state index in [9.17, 15) is 9.90 Å². The van der Waals surface area contributed by atoms with E-state index in [-0.39, 0.29) is 5.92 Å². The summed E-state index contributed by atoms with van der Waals surface area (Å²) in [6, 6.07) is 0. The molecular formula is C15H25N3O2. The van der Waals surface area contributed by atoms with Crippen molar-refractivity contribution in [3.8, 4) is 0 Å². The Bertz CT molecular complexity index is 489. The Hall–Kier alpha value is -1.39. The average Bonchev–Trinajstić information content (AvgIpc) is 2.99. The summed E-state index contributed by atoms with van der Waals surface area (Å²) in [4.78, 5) is 16.2. The van der Waals surface area contributed by atoms with Crippen LogP contribution >= 0.6 is 0 Å². The van der Waals surface area contributed by atoms with Gasteiger partial charge in [0.2, 0.25) is 0 Å². The number of rotatable bonds is 5. The summed E-state index contributed by atoms with van der Waals surface area (Å²) < 4.78 is 1.76. The van der Waals surface area contributed by atoms with Crippen LogP contribution in [-0.4, -0.2) is 25.8 Å². The van der Waals surface area contributed by atoms with Gasteiger partial charge in [-0.15, -0.1) is 0 Å². The van der Waals surface area contributed by atoms with Crippen molar-refractivity contribution in [3.05, 3.63) is 11.6 Å². The van der Waals surface area contributed by atoms with Crippen LogP contribution in [0.5, 0.6) is 0 Å².